The number of likely N-dealkylation sites (tertiary alicyclic amines) is 2. The van der Waals surface area contributed by atoms with Crippen LogP contribution in [0.4, 0.5) is 24.7 Å². The number of carboxylic acid groups (broad SMARTS) is 1. The first kappa shape index (κ1) is 38.0. The highest BCUT2D eigenvalue weighted by Gasteiger charge is 2.36. The number of rotatable bonds is 11. The molecule has 12 heteroatoms. The minimum atomic E-state index is -4.64. The molecule has 0 bridgehead atoms. The molecule has 3 N–H and O–H groups in total. The fourth-order valence-electron chi connectivity index (χ4n) is 7.84. The van der Waals surface area contributed by atoms with Gasteiger partial charge in [0.25, 0.3) is 0 Å². The SMILES string of the molecule is COc1cc(/C=C/c2cccc(-c3cccc(Nc4nccc5cc(CN6CC[C@@H](O)C6)cnc45)c3C)c2C)c(C(F)(F)F)cc1CN1CCC[C@H]1C(=O)O. The van der Waals surface area contributed by atoms with Crippen molar-refractivity contribution >= 4 is 40.5 Å². The van der Waals surface area contributed by atoms with Crippen LogP contribution < -0.4 is 10.1 Å². The van der Waals surface area contributed by atoms with Crippen LogP contribution in [-0.2, 0) is 24.1 Å². The molecule has 0 aliphatic carbocycles. The van der Waals surface area contributed by atoms with Crippen LogP contribution in [0.1, 0.15) is 58.2 Å². The topological polar surface area (TPSA) is 111 Å². The molecule has 0 radical (unpaired) electrons. The van der Waals surface area contributed by atoms with Crippen LogP contribution >= 0.6 is 0 Å². The van der Waals surface area contributed by atoms with Gasteiger partial charge in [-0.2, -0.15) is 13.2 Å². The van der Waals surface area contributed by atoms with E-state index in [1.54, 1.807) is 17.2 Å². The lowest BCUT2D eigenvalue weighted by molar-refractivity contribution is -0.142. The Kier molecular flexibility index (Phi) is 10.9. The van der Waals surface area contributed by atoms with Crippen molar-refractivity contribution in [2.24, 2.45) is 0 Å². The summed E-state index contributed by atoms with van der Waals surface area (Å²) >= 11 is 0. The van der Waals surface area contributed by atoms with E-state index in [1.165, 1.54) is 19.3 Å². The van der Waals surface area contributed by atoms with Gasteiger partial charge in [0.15, 0.2) is 5.82 Å². The number of benzene rings is 3. The first-order valence-corrected chi connectivity index (χ1v) is 18.4. The monoisotopic (exact) mass is 751 g/mol. The predicted molar refractivity (Wildman–Crippen MR) is 208 cm³/mol. The summed E-state index contributed by atoms with van der Waals surface area (Å²) < 4.78 is 49.0. The number of aliphatic hydroxyl groups is 1. The number of fused-ring (bicyclic) bond motifs is 1. The number of ether oxygens (including phenoxy) is 1. The van der Waals surface area contributed by atoms with Gasteiger partial charge in [-0.3, -0.25) is 19.6 Å². The van der Waals surface area contributed by atoms with Crippen LogP contribution in [-0.4, -0.2) is 74.8 Å². The molecule has 9 nitrogen and oxygen atoms in total. The molecule has 286 valence electrons. The van der Waals surface area contributed by atoms with Gasteiger partial charge < -0.3 is 20.3 Å². The molecule has 7 rings (SSSR count). The van der Waals surface area contributed by atoms with E-state index in [-0.39, 0.29) is 24.0 Å². The zero-order valence-corrected chi connectivity index (χ0v) is 31.0. The van der Waals surface area contributed by atoms with Gasteiger partial charge >= 0.3 is 12.1 Å². The molecule has 0 amide bonds. The lowest BCUT2D eigenvalue weighted by atomic mass is 9.92. The molecule has 55 heavy (non-hydrogen) atoms. The second-order valence-corrected chi connectivity index (χ2v) is 14.4. The van der Waals surface area contributed by atoms with E-state index < -0.39 is 23.8 Å². The summed E-state index contributed by atoms with van der Waals surface area (Å²) in [5.41, 5.74) is 6.61. The fraction of sp³-hybridized carbons (Fsp3) is 0.326. The number of alkyl halides is 3. The van der Waals surface area contributed by atoms with Crippen LogP contribution in [0.15, 0.2) is 73.1 Å². The van der Waals surface area contributed by atoms with Gasteiger partial charge in [0.05, 0.1) is 18.8 Å². The molecule has 2 aromatic heterocycles. The number of anilines is 2. The first-order valence-electron chi connectivity index (χ1n) is 18.4. The van der Waals surface area contributed by atoms with Gasteiger partial charge in [-0.15, -0.1) is 0 Å². The maximum absolute atomic E-state index is 14.5. The Hall–Kier alpha value is -5.30. The van der Waals surface area contributed by atoms with E-state index in [2.05, 4.69) is 21.3 Å². The van der Waals surface area contributed by atoms with Crippen molar-refractivity contribution in [1.82, 2.24) is 19.8 Å². The minimum Gasteiger partial charge on any atom is -0.496 e. The minimum absolute atomic E-state index is 0.0426. The summed E-state index contributed by atoms with van der Waals surface area (Å²) in [5.74, 6) is -0.0843. The third kappa shape index (κ3) is 8.22. The zero-order valence-electron chi connectivity index (χ0n) is 31.0. The summed E-state index contributed by atoms with van der Waals surface area (Å²) in [6, 6.07) is 17.5. The van der Waals surface area contributed by atoms with Gasteiger partial charge in [0, 0.05) is 55.2 Å². The highest BCUT2D eigenvalue weighted by Crippen LogP contribution is 2.39. The third-order valence-corrected chi connectivity index (χ3v) is 10.8. The average Bonchev–Trinajstić information content (AvgIpc) is 3.80. The van der Waals surface area contributed by atoms with Gasteiger partial charge in [0.2, 0.25) is 0 Å². The Morgan fingerprint density at radius 3 is 2.45 bits per heavy atom. The molecule has 2 atom stereocenters. The van der Waals surface area contributed by atoms with Gasteiger partial charge in [-0.25, -0.2) is 4.98 Å². The highest BCUT2D eigenvalue weighted by atomic mass is 19.4. The molecule has 3 aromatic carbocycles. The number of nitrogens with zero attached hydrogens (tertiary/aromatic N) is 4. The Labute approximate surface area is 318 Å². The molecular formula is C43H44F3N5O4. The smallest absolute Gasteiger partial charge is 0.417 e. The quantitative estimate of drug-likeness (QED) is 0.115. The third-order valence-electron chi connectivity index (χ3n) is 10.8. The number of hydrogen-bond acceptors (Lipinski definition) is 8. The van der Waals surface area contributed by atoms with Crippen LogP contribution in [0.2, 0.25) is 0 Å². The largest absolute Gasteiger partial charge is 0.496 e. The van der Waals surface area contributed by atoms with Crippen LogP contribution in [0.3, 0.4) is 0 Å². The maximum atomic E-state index is 14.5. The number of aliphatic hydroxyl groups excluding tert-OH is 1. The van der Waals surface area contributed by atoms with E-state index in [0.717, 1.165) is 75.5 Å². The Morgan fingerprint density at radius 2 is 1.73 bits per heavy atom. The number of methoxy groups -OCH3 is 1. The summed E-state index contributed by atoms with van der Waals surface area (Å²) in [6.07, 6.45) is 3.74. The number of β-amino-alcohol motifs (C(OH)–C–C–N with tert-alkyl or cyclic N) is 1. The van der Waals surface area contributed by atoms with Crippen molar-refractivity contribution in [1.29, 1.82) is 0 Å². The maximum Gasteiger partial charge on any atom is 0.417 e. The number of halogens is 3. The lowest BCUT2D eigenvalue weighted by Gasteiger charge is -2.23. The normalized spacial score (nSPS) is 18.1. The molecule has 0 unspecified atom stereocenters. The van der Waals surface area contributed by atoms with E-state index in [0.29, 0.717) is 37.3 Å². The van der Waals surface area contributed by atoms with E-state index in [4.69, 9.17) is 9.72 Å². The Morgan fingerprint density at radius 1 is 0.964 bits per heavy atom. The van der Waals surface area contributed by atoms with Gasteiger partial charge in [-0.05, 0) is 109 Å². The number of nitrogens with one attached hydrogen (secondary N) is 1. The zero-order chi connectivity index (χ0) is 38.9. The fourth-order valence-corrected chi connectivity index (χ4v) is 7.84. The second kappa shape index (κ2) is 15.8. The number of carbonyl (C=O) groups is 1. The molecule has 2 aliphatic rings. The Bertz CT molecular complexity index is 2260. The molecule has 0 saturated carbocycles. The van der Waals surface area contributed by atoms with Crippen molar-refractivity contribution in [3.63, 3.8) is 0 Å². The van der Waals surface area contributed by atoms with Crippen molar-refractivity contribution in [3.05, 3.63) is 112 Å². The van der Waals surface area contributed by atoms with E-state index in [9.17, 15) is 28.2 Å². The first-order chi connectivity index (χ1) is 26.4. The van der Waals surface area contributed by atoms with Gasteiger partial charge in [0.1, 0.15) is 17.3 Å². The summed E-state index contributed by atoms with van der Waals surface area (Å²) in [6.45, 7) is 6.74. The van der Waals surface area contributed by atoms with Crippen LogP contribution in [0.25, 0.3) is 34.2 Å². The highest BCUT2D eigenvalue weighted by molar-refractivity contribution is 5.91. The number of hydrogen-bond donors (Lipinski definition) is 3. The molecule has 4 heterocycles. The molecule has 2 aliphatic heterocycles. The van der Waals surface area contributed by atoms with Gasteiger partial charge in [-0.1, -0.05) is 42.5 Å². The molecule has 2 fully saturated rings. The van der Waals surface area contributed by atoms with Crippen molar-refractivity contribution in [2.45, 2.75) is 64.5 Å². The molecule has 2 saturated heterocycles. The number of pyridine rings is 2. The van der Waals surface area contributed by atoms with Crippen molar-refractivity contribution in [2.75, 3.05) is 32.1 Å². The summed E-state index contributed by atoms with van der Waals surface area (Å²) in [5, 5.41) is 24.0. The van der Waals surface area contributed by atoms with Crippen LogP contribution in [0.5, 0.6) is 5.75 Å². The number of aliphatic carboxylic acids is 1. The standard InChI is InChI=1S/C43H44F3N5O4/c1-26-29(12-13-30-21-39(55-3)32(20-36(30)43(44,45)46)24-51-17-6-11-38(51)42(53)54)7-4-8-34(26)35-9-5-10-37(27(35)2)49-41-40-31(14-16-47-41)19-28(22-48-40)23-50-18-15-33(52)25-50/h4-5,7-10,12-14,16,19-22,33,38,52H,6,11,15,17-18,23-25H2,1-3H3,(H,47,49)(H,53,54)/b13-12+/t33-,38+/m1/s1. The average molecular weight is 752 g/mol. The molecular weight excluding hydrogens is 707 g/mol. The number of carboxylic acids is 1. The second-order valence-electron chi connectivity index (χ2n) is 14.4. The Balaban J connectivity index is 1.15. The number of aromatic nitrogens is 2. The molecule has 0 spiro atoms. The summed E-state index contributed by atoms with van der Waals surface area (Å²) in [4.78, 5) is 25.0. The van der Waals surface area contributed by atoms with E-state index >= 15 is 0 Å². The lowest BCUT2D eigenvalue weighted by Crippen LogP contribution is -2.35. The van der Waals surface area contributed by atoms with Crippen molar-refractivity contribution < 1.29 is 32.9 Å². The van der Waals surface area contributed by atoms with Crippen molar-refractivity contribution in [3.8, 4) is 16.9 Å². The van der Waals surface area contributed by atoms with E-state index in [1.807, 2.05) is 62.5 Å². The predicted octanol–water partition coefficient (Wildman–Crippen LogP) is 8.47. The summed E-state index contributed by atoms with van der Waals surface area (Å²) in [7, 11) is 1.41. The van der Waals surface area contributed by atoms with Crippen LogP contribution in [0, 0.1) is 13.8 Å². The molecule has 5 aromatic rings.